The van der Waals surface area contributed by atoms with Gasteiger partial charge in [0, 0.05) is 6.54 Å². The minimum absolute atomic E-state index is 0.358. The van der Waals surface area contributed by atoms with Gasteiger partial charge < -0.3 is 15.8 Å². The van der Waals surface area contributed by atoms with E-state index in [1.165, 1.54) is 19.4 Å². The van der Waals surface area contributed by atoms with Crippen LogP contribution in [0.1, 0.15) is 12.8 Å². The van der Waals surface area contributed by atoms with Gasteiger partial charge in [0.2, 0.25) is 0 Å². The minimum Gasteiger partial charge on any atom is -0.366 e. The molecular weight excluding hydrogens is 128 g/mol. The van der Waals surface area contributed by atoms with Crippen molar-refractivity contribution < 1.29 is 4.74 Å². The van der Waals surface area contributed by atoms with Crippen LogP contribution in [0, 0.1) is 5.92 Å². The fourth-order valence-electron chi connectivity index (χ4n) is 1.30. The van der Waals surface area contributed by atoms with Gasteiger partial charge in [-0.25, -0.2) is 0 Å². The number of hydrogen-bond donors (Lipinski definition) is 2. The summed E-state index contributed by atoms with van der Waals surface area (Å²) in [6.07, 6.45) is 2.56. The van der Waals surface area contributed by atoms with Gasteiger partial charge in [0.05, 0.1) is 13.3 Å². The molecule has 3 heteroatoms. The van der Waals surface area contributed by atoms with Crippen LogP contribution < -0.4 is 11.1 Å². The normalized spacial score (nSPS) is 26.7. The molecule has 0 aromatic heterocycles. The van der Waals surface area contributed by atoms with E-state index in [2.05, 4.69) is 5.32 Å². The van der Waals surface area contributed by atoms with Crippen LogP contribution in [-0.4, -0.2) is 26.4 Å². The largest absolute Gasteiger partial charge is 0.366 e. The van der Waals surface area contributed by atoms with Crippen molar-refractivity contribution >= 4 is 0 Å². The highest BCUT2D eigenvalue weighted by Gasteiger charge is 2.11. The van der Waals surface area contributed by atoms with E-state index in [9.17, 15) is 0 Å². The van der Waals surface area contributed by atoms with Crippen molar-refractivity contribution in [2.24, 2.45) is 11.7 Å². The molecule has 1 unspecified atom stereocenters. The predicted octanol–water partition coefficient (Wildman–Crippen LogP) is -0.0812. The number of rotatable bonds is 3. The minimum atomic E-state index is 0.358. The van der Waals surface area contributed by atoms with Gasteiger partial charge in [-0.2, -0.15) is 0 Å². The van der Waals surface area contributed by atoms with Gasteiger partial charge in [0.15, 0.2) is 0 Å². The van der Waals surface area contributed by atoms with Crippen molar-refractivity contribution in [1.29, 1.82) is 0 Å². The van der Waals surface area contributed by atoms with Crippen LogP contribution >= 0.6 is 0 Å². The molecule has 1 atom stereocenters. The third-order valence-corrected chi connectivity index (χ3v) is 1.87. The molecule has 0 saturated carbocycles. The lowest BCUT2D eigenvalue weighted by atomic mass is 10.0. The first-order chi connectivity index (χ1) is 4.93. The second-order valence-electron chi connectivity index (χ2n) is 2.75. The molecule has 3 N–H and O–H groups in total. The Kier molecular flexibility index (Phi) is 3.72. The molecule has 0 amide bonds. The predicted molar refractivity (Wildman–Crippen MR) is 40.6 cm³/mol. The molecule has 0 bridgehead atoms. The van der Waals surface area contributed by atoms with Crippen molar-refractivity contribution in [1.82, 2.24) is 5.32 Å². The zero-order chi connectivity index (χ0) is 7.23. The van der Waals surface area contributed by atoms with Gasteiger partial charge in [0.25, 0.3) is 0 Å². The lowest BCUT2D eigenvalue weighted by Crippen LogP contribution is -2.32. The van der Waals surface area contributed by atoms with Crippen molar-refractivity contribution in [3.63, 3.8) is 0 Å². The van der Waals surface area contributed by atoms with Crippen LogP contribution in [0.25, 0.3) is 0 Å². The summed E-state index contributed by atoms with van der Waals surface area (Å²) in [7, 11) is 0. The van der Waals surface area contributed by atoms with Crippen molar-refractivity contribution in [3.8, 4) is 0 Å². The molecule has 1 aliphatic rings. The molecule has 1 fully saturated rings. The average molecular weight is 144 g/mol. The first-order valence-corrected chi connectivity index (χ1v) is 3.92. The van der Waals surface area contributed by atoms with Crippen LogP contribution in [0.2, 0.25) is 0 Å². The van der Waals surface area contributed by atoms with E-state index in [-0.39, 0.29) is 0 Å². The van der Waals surface area contributed by atoms with E-state index < -0.39 is 0 Å². The summed E-state index contributed by atoms with van der Waals surface area (Å²) in [5, 5.41) is 3.32. The Balaban J connectivity index is 2.02. The standard InChI is InChI=1S/C7H16N2O/c8-6-10-5-7-2-1-3-9-4-7/h7,9H,1-6,8H2. The Bertz CT molecular complexity index is 81.7. The van der Waals surface area contributed by atoms with Gasteiger partial charge in [-0.15, -0.1) is 0 Å². The molecule has 0 aromatic rings. The van der Waals surface area contributed by atoms with E-state index in [1.54, 1.807) is 0 Å². The summed E-state index contributed by atoms with van der Waals surface area (Å²) in [4.78, 5) is 0. The molecule has 0 spiro atoms. The zero-order valence-corrected chi connectivity index (χ0v) is 6.31. The second kappa shape index (κ2) is 4.66. The summed E-state index contributed by atoms with van der Waals surface area (Å²) < 4.78 is 5.11. The van der Waals surface area contributed by atoms with E-state index in [4.69, 9.17) is 10.5 Å². The van der Waals surface area contributed by atoms with Crippen LogP contribution in [0.3, 0.4) is 0 Å². The summed E-state index contributed by atoms with van der Waals surface area (Å²) in [6, 6.07) is 0. The van der Waals surface area contributed by atoms with E-state index >= 15 is 0 Å². The average Bonchev–Trinajstić information content (AvgIpc) is 2.03. The molecule has 1 aliphatic heterocycles. The van der Waals surface area contributed by atoms with Gasteiger partial charge in [-0.05, 0) is 25.3 Å². The van der Waals surface area contributed by atoms with Crippen molar-refractivity contribution in [2.75, 3.05) is 26.4 Å². The summed E-state index contributed by atoms with van der Waals surface area (Å²) in [5.74, 6) is 0.692. The molecule has 1 heterocycles. The molecule has 10 heavy (non-hydrogen) atoms. The number of nitrogens with one attached hydrogen (secondary N) is 1. The first-order valence-electron chi connectivity index (χ1n) is 3.92. The third-order valence-electron chi connectivity index (χ3n) is 1.87. The molecular formula is C7H16N2O. The summed E-state index contributed by atoms with van der Waals surface area (Å²) in [6.45, 7) is 3.44. The smallest absolute Gasteiger partial charge is 0.0940 e. The first kappa shape index (κ1) is 7.98. The maximum atomic E-state index is 5.20. The Morgan fingerprint density at radius 3 is 3.10 bits per heavy atom. The third kappa shape index (κ3) is 2.64. The monoisotopic (exact) mass is 144 g/mol. The number of ether oxygens (including phenoxy) is 1. The molecule has 1 rings (SSSR count). The topological polar surface area (TPSA) is 47.3 Å². The molecule has 0 radical (unpaired) electrons. The van der Waals surface area contributed by atoms with Crippen molar-refractivity contribution in [2.45, 2.75) is 12.8 Å². The highest BCUT2D eigenvalue weighted by Crippen LogP contribution is 2.09. The fraction of sp³-hybridized carbons (Fsp3) is 1.00. The van der Waals surface area contributed by atoms with Crippen LogP contribution in [0.15, 0.2) is 0 Å². The number of hydrogen-bond acceptors (Lipinski definition) is 3. The Labute approximate surface area is 61.9 Å². The molecule has 1 saturated heterocycles. The molecule has 0 aliphatic carbocycles. The zero-order valence-electron chi connectivity index (χ0n) is 6.31. The van der Waals surface area contributed by atoms with Gasteiger partial charge >= 0.3 is 0 Å². The second-order valence-corrected chi connectivity index (χ2v) is 2.75. The number of piperidine rings is 1. The van der Waals surface area contributed by atoms with E-state index in [0.717, 1.165) is 13.2 Å². The van der Waals surface area contributed by atoms with E-state index in [0.29, 0.717) is 12.6 Å². The van der Waals surface area contributed by atoms with Crippen LogP contribution in [0.4, 0.5) is 0 Å². The summed E-state index contributed by atoms with van der Waals surface area (Å²) in [5.41, 5.74) is 5.20. The Morgan fingerprint density at radius 1 is 1.60 bits per heavy atom. The van der Waals surface area contributed by atoms with Crippen molar-refractivity contribution in [3.05, 3.63) is 0 Å². The number of nitrogens with two attached hydrogens (primary N) is 1. The van der Waals surface area contributed by atoms with Gasteiger partial charge in [-0.3, -0.25) is 0 Å². The van der Waals surface area contributed by atoms with Gasteiger partial charge in [0.1, 0.15) is 0 Å². The quantitative estimate of drug-likeness (QED) is 0.545. The Morgan fingerprint density at radius 2 is 2.50 bits per heavy atom. The van der Waals surface area contributed by atoms with E-state index in [1.807, 2.05) is 0 Å². The maximum absolute atomic E-state index is 5.20. The van der Waals surface area contributed by atoms with Gasteiger partial charge in [-0.1, -0.05) is 0 Å². The fourth-order valence-corrected chi connectivity index (χ4v) is 1.30. The highest BCUT2D eigenvalue weighted by atomic mass is 16.5. The SMILES string of the molecule is NCOCC1CCCNC1. The lowest BCUT2D eigenvalue weighted by molar-refractivity contribution is 0.0948. The Hall–Kier alpha value is -0.120. The molecule has 3 nitrogen and oxygen atoms in total. The summed E-state index contributed by atoms with van der Waals surface area (Å²) >= 11 is 0. The highest BCUT2D eigenvalue weighted by molar-refractivity contribution is 4.67. The van der Waals surface area contributed by atoms with Crippen LogP contribution in [0.5, 0.6) is 0 Å². The van der Waals surface area contributed by atoms with Crippen LogP contribution in [-0.2, 0) is 4.74 Å². The molecule has 0 aromatic carbocycles. The lowest BCUT2D eigenvalue weighted by Gasteiger charge is -2.21. The molecule has 60 valence electrons. The maximum Gasteiger partial charge on any atom is 0.0940 e.